The maximum atomic E-state index is 12.1. The van der Waals surface area contributed by atoms with E-state index < -0.39 is 12.7 Å². The van der Waals surface area contributed by atoms with Gasteiger partial charge in [-0.3, -0.25) is 14.7 Å². The van der Waals surface area contributed by atoms with Crippen molar-refractivity contribution >= 4 is 17.5 Å². The first-order chi connectivity index (χ1) is 9.08. The Morgan fingerprint density at radius 1 is 1.42 bits per heavy atom. The summed E-state index contributed by atoms with van der Waals surface area (Å²) in [5.74, 6) is 0.496. The highest BCUT2D eigenvalue weighted by Crippen LogP contribution is 2.11. The number of aromatic nitrogens is 4. The zero-order chi connectivity index (χ0) is 13.8. The molecule has 0 bridgehead atoms. The molecule has 0 aliphatic carbocycles. The number of alkyl halides is 1. The molecule has 0 radical (unpaired) electrons. The van der Waals surface area contributed by atoms with Crippen molar-refractivity contribution in [2.75, 3.05) is 17.3 Å². The Hall–Kier alpha value is -2.38. The molecule has 0 saturated heterocycles. The first kappa shape index (κ1) is 13.1. The number of nitrogens with one attached hydrogen (secondary N) is 2. The van der Waals surface area contributed by atoms with Crippen molar-refractivity contribution in [1.29, 1.82) is 0 Å². The summed E-state index contributed by atoms with van der Waals surface area (Å²) < 4.78 is 15.1. The van der Waals surface area contributed by atoms with Crippen LogP contribution < -0.4 is 10.6 Å². The number of carbonyl (C=O) groups excluding carboxylic acids is 1. The molecule has 0 atom stereocenters. The second kappa shape index (κ2) is 5.51. The van der Waals surface area contributed by atoms with E-state index in [-0.39, 0.29) is 6.54 Å². The zero-order valence-corrected chi connectivity index (χ0v) is 10.7. The SMILES string of the molecule is Cc1cn(C)nc1NC(=O)Nc1cnn(CCF)c1. The number of nitrogens with zero attached hydrogens (tertiary/aromatic N) is 4. The smallest absolute Gasteiger partial charge is 0.305 e. The van der Waals surface area contributed by atoms with Crippen LogP contribution in [0.25, 0.3) is 0 Å². The van der Waals surface area contributed by atoms with Gasteiger partial charge in [-0.2, -0.15) is 10.2 Å². The van der Waals surface area contributed by atoms with E-state index in [9.17, 15) is 9.18 Å². The molecule has 2 aromatic heterocycles. The van der Waals surface area contributed by atoms with E-state index in [1.165, 1.54) is 10.9 Å². The van der Waals surface area contributed by atoms with Crippen molar-refractivity contribution in [3.05, 3.63) is 24.2 Å². The fraction of sp³-hybridized carbons (Fsp3) is 0.364. The lowest BCUT2D eigenvalue weighted by molar-refractivity contribution is 0.262. The normalized spacial score (nSPS) is 10.5. The van der Waals surface area contributed by atoms with Crippen LogP contribution in [0.2, 0.25) is 0 Å². The predicted octanol–water partition coefficient (Wildman–Crippen LogP) is 1.54. The van der Waals surface area contributed by atoms with Gasteiger partial charge in [0.25, 0.3) is 0 Å². The van der Waals surface area contributed by atoms with E-state index in [1.807, 2.05) is 6.92 Å². The van der Waals surface area contributed by atoms with Crippen LogP contribution in [0, 0.1) is 6.92 Å². The van der Waals surface area contributed by atoms with Crippen molar-refractivity contribution in [1.82, 2.24) is 19.6 Å². The number of anilines is 2. The molecule has 2 rings (SSSR count). The summed E-state index contributed by atoms with van der Waals surface area (Å²) >= 11 is 0. The van der Waals surface area contributed by atoms with Gasteiger partial charge in [0.2, 0.25) is 0 Å². The lowest BCUT2D eigenvalue weighted by Gasteiger charge is -2.03. The monoisotopic (exact) mass is 266 g/mol. The number of aryl methyl sites for hydroxylation is 3. The molecular formula is C11H15FN6O. The van der Waals surface area contributed by atoms with Gasteiger partial charge in [-0.25, -0.2) is 9.18 Å². The van der Waals surface area contributed by atoms with Crippen molar-refractivity contribution in [2.45, 2.75) is 13.5 Å². The van der Waals surface area contributed by atoms with Gasteiger partial charge in [-0.05, 0) is 6.92 Å². The summed E-state index contributed by atoms with van der Waals surface area (Å²) in [6.45, 7) is 1.52. The second-order valence-corrected chi connectivity index (χ2v) is 4.09. The predicted molar refractivity (Wildman–Crippen MR) is 68.8 cm³/mol. The maximum absolute atomic E-state index is 12.1. The van der Waals surface area contributed by atoms with Crippen LogP contribution in [-0.2, 0) is 13.6 Å². The number of carbonyl (C=O) groups is 1. The van der Waals surface area contributed by atoms with E-state index in [4.69, 9.17) is 0 Å². The van der Waals surface area contributed by atoms with E-state index in [0.29, 0.717) is 11.5 Å². The molecule has 0 spiro atoms. The highest BCUT2D eigenvalue weighted by molar-refractivity contribution is 5.99. The number of urea groups is 1. The van der Waals surface area contributed by atoms with Crippen molar-refractivity contribution in [2.24, 2.45) is 7.05 Å². The topological polar surface area (TPSA) is 76.8 Å². The van der Waals surface area contributed by atoms with Gasteiger partial charge in [-0.1, -0.05) is 0 Å². The summed E-state index contributed by atoms with van der Waals surface area (Å²) in [7, 11) is 1.77. The fourth-order valence-corrected chi connectivity index (χ4v) is 1.64. The van der Waals surface area contributed by atoms with Crippen LogP contribution in [0.5, 0.6) is 0 Å². The maximum Gasteiger partial charge on any atom is 0.324 e. The summed E-state index contributed by atoms with van der Waals surface area (Å²) in [6, 6.07) is -0.415. The first-order valence-electron chi connectivity index (χ1n) is 5.75. The summed E-state index contributed by atoms with van der Waals surface area (Å²) in [6.07, 6.45) is 4.82. The van der Waals surface area contributed by atoms with Gasteiger partial charge >= 0.3 is 6.03 Å². The molecule has 2 amide bonds. The minimum absolute atomic E-state index is 0.169. The Bertz CT molecular complexity index is 576. The van der Waals surface area contributed by atoms with Gasteiger partial charge in [0.05, 0.1) is 18.4 Å². The third-order valence-corrected chi connectivity index (χ3v) is 2.45. The molecular weight excluding hydrogens is 251 g/mol. The van der Waals surface area contributed by atoms with E-state index in [2.05, 4.69) is 20.8 Å². The highest BCUT2D eigenvalue weighted by atomic mass is 19.1. The van der Waals surface area contributed by atoms with Crippen molar-refractivity contribution in [3.63, 3.8) is 0 Å². The minimum Gasteiger partial charge on any atom is -0.305 e. The molecule has 0 fully saturated rings. The quantitative estimate of drug-likeness (QED) is 0.881. The van der Waals surface area contributed by atoms with Crippen LogP contribution in [0.1, 0.15) is 5.56 Å². The van der Waals surface area contributed by atoms with Crippen LogP contribution in [0.15, 0.2) is 18.6 Å². The number of hydrogen-bond donors (Lipinski definition) is 2. The van der Waals surface area contributed by atoms with Crippen LogP contribution in [0.3, 0.4) is 0 Å². The third kappa shape index (κ3) is 3.30. The molecule has 7 nitrogen and oxygen atoms in total. The second-order valence-electron chi connectivity index (χ2n) is 4.09. The number of amides is 2. The molecule has 0 aromatic carbocycles. The Morgan fingerprint density at radius 2 is 2.21 bits per heavy atom. The Balaban J connectivity index is 1.95. The molecule has 2 aromatic rings. The van der Waals surface area contributed by atoms with Crippen LogP contribution >= 0.6 is 0 Å². The number of halogens is 1. The fourth-order valence-electron chi connectivity index (χ4n) is 1.64. The van der Waals surface area contributed by atoms with Crippen molar-refractivity contribution in [3.8, 4) is 0 Å². The molecule has 2 N–H and O–H groups in total. The summed E-state index contributed by atoms with van der Waals surface area (Å²) in [5.41, 5.74) is 1.37. The molecule has 19 heavy (non-hydrogen) atoms. The molecule has 0 aliphatic rings. The summed E-state index contributed by atoms with van der Waals surface area (Å²) in [4.78, 5) is 11.7. The van der Waals surface area contributed by atoms with Gasteiger partial charge in [-0.15, -0.1) is 0 Å². The lowest BCUT2D eigenvalue weighted by atomic mass is 10.4. The highest BCUT2D eigenvalue weighted by Gasteiger charge is 2.09. The first-order valence-corrected chi connectivity index (χ1v) is 5.75. The minimum atomic E-state index is -0.500. The number of hydrogen-bond acceptors (Lipinski definition) is 3. The molecule has 0 aliphatic heterocycles. The number of rotatable bonds is 4. The standard InChI is InChI=1S/C11H15FN6O/c1-8-6-17(2)16-10(8)15-11(19)14-9-5-13-18(7-9)4-3-12/h5-7H,3-4H2,1-2H3,(H2,14,15,16,19). The van der Waals surface area contributed by atoms with Crippen LogP contribution in [0.4, 0.5) is 20.7 Å². The Morgan fingerprint density at radius 3 is 2.84 bits per heavy atom. The van der Waals surface area contributed by atoms with Gasteiger partial charge < -0.3 is 5.32 Å². The third-order valence-electron chi connectivity index (χ3n) is 2.45. The molecule has 102 valence electrons. The molecule has 0 unspecified atom stereocenters. The van der Waals surface area contributed by atoms with Gasteiger partial charge in [0.15, 0.2) is 5.82 Å². The van der Waals surface area contributed by atoms with E-state index in [1.54, 1.807) is 24.1 Å². The van der Waals surface area contributed by atoms with Gasteiger partial charge in [0.1, 0.15) is 6.67 Å². The molecule has 2 heterocycles. The van der Waals surface area contributed by atoms with E-state index in [0.717, 1.165) is 5.56 Å². The average Bonchev–Trinajstić information content (AvgIpc) is 2.87. The largest absolute Gasteiger partial charge is 0.324 e. The lowest BCUT2D eigenvalue weighted by Crippen LogP contribution is -2.20. The van der Waals surface area contributed by atoms with Crippen molar-refractivity contribution < 1.29 is 9.18 Å². The summed E-state index contributed by atoms with van der Waals surface area (Å²) in [5, 5.41) is 13.2. The zero-order valence-electron chi connectivity index (χ0n) is 10.7. The van der Waals surface area contributed by atoms with E-state index >= 15 is 0 Å². The Labute approximate surface area is 109 Å². The average molecular weight is 266 g/mol. The molecule has 0 saturated carbocycles. The van der Waals surface area contributed by atoms with Gasteiger partial charge in [0, 0.05) is 25.0 Å². The van der Waals surface area contributed by atoms with Crippen LogP contribution in [-0.4, -0.2) is 32.3 Å². The molecule has 8 heteroatoms. The Kier molecular flexibility index (Phi) is 3.79.